The summed E-state index contributed by atoms with van der Waals surface area (Å²) in [6, 6.07) is 20.0. The van der Waals surface area contributed by atoms with E-state index < -0.39 is 40.3 Å². The molecule has 0 amide bonds. The lowest BCUT2D eigenvalue weighted by Crippen LogP contribution is -2.23. The molecule has 12 heteroatoms. The Bertz CT molecular complexity index is 1880. The highest BCUT2D eigenvalue weighted by Crippen LogP contribution is 2.27. The third kappa shape index (κ3) is 8.33. The van der Waals surface area contributed by atoms with Gasteiger partial charge in [-0.25, -0.2) is 13.2 Å². The van der Waals surface area contributed by atoms with Gasteiger partial charge in [-0.05, 0) is 48.4 Å². The Kier molecular flexibility index (Phi) is 10.6. The predicted molar refractivity (Wildman–Crippen MR) is 168 cm³/mol. The van der Waals surface area contributed by atoms with Crippen molar-refractivity contribution in [3.8, 4) is 11.3 Å². The minimum atomic E-state index is -1.69. The molecule has 0 aliphatic rings. The van der Waals surface area contributed by atoms with Crippen molar-refractivity contribution in [3.05, 3.63) is 145 Å². The number of aromatic nitrogens is 3. The molecule has 2 heterocycles. The Hall–Kier alpha value is -3.67. The Labute approximate surface area is 270 Å². The van der Waals surface area contributed by atoms with Crippen LogP contribution in [0.25, 0.3) is 11.3 Å². The number of nitrogens with zero attached hydrogens (tertiary/aromatic N) is 3. The summed E-state index contributed by atoms with van der Waals surface area (Å²) in [6.45, 7) is 1.61. The fourth-order valence-corrected chi connectivity index (χ4v) is 6.01. The summed E-state index contributed by atoms with van der Waals surface area (Å²) in [4.78, 5) is 21.4. The number of pyridine rings is 1. The monoisotopic (exact) mass is 671 g/mol. The third-order valence-corrected chi connectivity index (χ3v) is 8.84. The van der Waals surface area contributed by atoms with E-state index in [0.29, 0.717) is 26.9 Å². The van der Waals surface area contributed by atoms with Crippen molar-refractivity contribution in [2.45, 2.75) is 37.8 Å². The number of hydrogen-bond donors (Lipinski definition) is 0. The summed E-state index contributed by atoms with van der Waals surface area (Å²) in [5, 5.41) is 0.692. The predicted octanol–water partition coefficient (Wildman–Crippen LogP) is 7.84. The number of halogens is 5. The van der Waals surface area contributed by atoms with Crippen molar-refractivity contribution in [3.63, 3.8) is 0 Å². The molecule has 6 nitrogen and oxygen atoms in total. The van der Waals surface area contributed by atoms with Gasteiger partial charge in [-0.15, -0.1) is 0 Å². The molecule has 0 saturated heterocycles. The van der Waals surface area contributed by atoms with Gasteiger partial charge in [-0.2, -0.15) is 9.97 Å². The van der Waals surface area contributed by atoms with Gasteiger partial charge in [0.1, 0.15) is 17.4 Å². The van der Waals surface area contributed by atoms with Crippen LogP contribution in [-0.2, 0) is 29.1 Å². The second kappa shape index (κ2) is 14.6. The van der Waals surface area contributed by atoms with E-state index in [4.69, 9.17) is 27.9 Å². The number of rotatable bonds is 11. The van der Waals surface area contributed by atoms with Crippen LogP contribution < -0.4 is 5.56 Å². The third-order valence-electron chi connectivity index (χ3n) is 6.90. The second-order valence-electron chi connectivity index (χ2n) is 10.2. The van der Waals surface area contributed by atoms with Crippen molar-refractivity contribution >= 4 is 34.4 Å². The van der Waals surface area contributed by atoms with Gasteiger partial charge in [-0.3, -0.25) is 4.79 Å². The number of ether oxygens (including phenoxy) is 1. The highest BCUT2D eigenvalue weighted by atomic mass is 35.5. The average molecular weight is 673 g/mol. The molecule has 0 aliphatic carbocycles. The SMILES string of the molecule is Cc1cc(-c2cc(F)c(=O)n(Cc3ccc(Cl)c(Cl)c3)c2)nc([S+]([O-])CCC(OCc2ccc(F)cc2F)c2ccccc2)n1. The molecule has 0 N–H and O–H groups in total. The van der Waals surface area contributed by atoms with Gasteiger partial charge >= 0.3 is 5.16 Å². The average Bonchev–Trinajstić information content (AvgIpc) is 3.02. The van der Waals surface area contributed by atoms with Crippen LogP contribution in [0, 0.1) is 24.4 Å². The lowest BCUT2D eigenvalue weighted by Gasteiger charge is -2.19. The maximum atomic E-state index is 14.8. The Morgan fingerprint density at radius 2 is 1.71 bits per heavy atom. The first-order chi connectivity index (χ1) is 21.6. The first kappa shape index (κ1) is 32.7. The van der Waals surface area contributed by atoms with Crippen LogP contribution in [0.4, 0.5) is 13.2 Å². The van der Waals surface area contributed by atoms with Crippen LogP contribution in [-0.4, -0.2) is 24.8 Å². The van der Waals surface area contributed by atoms with Crippen molar-refractivity contribution in [2.75, 3.05) is 5.75 Å². The Balaban J connectivity index is 1.35. The first-order valence-electron chi connectivity index (χ1n) is 13.8. The molecule has 5 rings (SSSR count). The van der Waals surface area contributed by atoms with Crippen molar-refractivity contribution < 1.29 is 22.5 Å². The van der Waals surface area contributed by atoms with Crippen LogP contribution in [0.3, 0.4) is 0 Å². The molecule has 45 heavy (non-hydrogen) atoms. The van der Waals surface area contributed by atoms with Gasteiger partial charge in [0.2, 0.25) is 0 Å². The highest BCUT2D eigenvalue weighted by molar-refractivity contribution is 7.91. The van der Waals surface area contributed by atoms with Crippen LogP contribution in [0.2, 0.25) is 10.0 Å². The van der Waals surface area contributed by atoms with Gasteiger partial charge < -0.3 is 13.9 Å². The molecule has 2 unspecified atom stereocenters. The van der Waals surface area contributed by atoms with Crippen molar-refractivity contribution in [2.24, 2.45) is 0 Å². The van der Waals surface area contributed by atoms with Crippen LogP contribution in [0.1, 0.15) is 34.9 Å². The zero-order valence-corrected chi connectivity index (χ0v) is 26.2. The molecule has 2 atom stereocenters. The number of hydrogen-bond acceptors (Lipinski definition) is 5. The molecule has 0 fully saturated rings. The quantitative estimate of drug-likeness (QED) is 0.106. The molecule has 3 aromatic carbocycles. The fourth-order valence-electron chi connectivity index (χ4n) is 4.63. The maximum absolute atomic E-state index is 14.8. The molecule has 0 radical (unpaired) electrons. The Morgan fingerprint density at radius 3 is 2.44 bits per heavy atom. The minimum Gasteiger partial charge on any atom is -0.609 e. The molecule has 0 saturated carbocycles. The van der Waals surface area contributed by atoms with Crippen LogP contribution in [0.15, 0.2) is 95.0 Å². The summed E-state index contributed by atoms with van der Waals surface area (Å²) in [5.41, 5.74) is 1.88. The molecule has 232 valence electrons. The number of aryl methyl sites for hydroxylation is 1. The van der Waals surface area contributed by atoms with E-state index >= 15 is 0 Å². The second-order valence-corrected chi connectivity index (χ2v) is 12.5. The Morgan fingerprint density at radius 1 is 0.933 bits per heavy atom. The van der Waals surface area contributed by atoms with E-state index in [1.807, 2.05) is 30.3 Å². The van der Waals surface area contributed by atoms with Gasteiger partial charge in [-0.1, -0.05) is 65.7 Å². The topological polar surface area (TPSA) is 80.1 Å². The van der Waals surface area contributed by atoms with Gasteiger partial charge in [0.25, 0.3) is 5.56 Å². The van der Waals surface area contributed by atoms with Crippen LogP contribution in [0.5, 0.6) is 0 Å². The largest absolute Gasteiger partial charge is 0.609 e. The molecule has 0 spiro atoms. The normalized spacial score (nSPS) is 12.7. The molecule has 2 aromatic heterocycles. The van der Waals surface area contributed by atoms with E-state index in [9.17, 15) is 22.5 Å². The first-order valence-corrected chi connectivity index (χ1v) is 15.8. The van der Waals surface area contributed by atoms with E-state index in [2.05, 4.69) is 9.97 Å². The molecule has 5 aromatic rings. The maximum Gasteiger partial charge on any atom is 0.343 e. The summed E-state index contributed by atoms with van der Waals surface area (Å²) in [6.07, 6.45) is 1.19. The van der Waals surface area contributed by atoms with Gasteiger partial charge in [0.05, 0.1) is 35.0 Å². The molecular formula is C33H26Cl2F3N3O3S. The lowest BCUT2D eigenvalue weighted by atomic mass is 10.1. The zero-order valence-electron chi connectivity index (χ0n) is 23.9. The summed E-state index contributed by atoms with van der Waals surface area (Å²) in [7, 11) is 0. The standard InChI is InChI=1S/C33H26Cl2F3N3O3S/c1-20-13-30(24-15-29(38)32(42)41(18-24)17-21-7-10-26(34)27(35)14-21)40-33(39-20)45(43)12-11-31(22-5-3-2-4-6-22)44-19-23-8-9-25(36)16-28(23)37/h2-10,13-16,18,31H,11-12,17,19H2,1H3. The summed E-state index contributed by atoms with van der Waals surface area (Å²) in [5.74, 6) is -2.28. The number of benzene rings is 3. The summed E-state index contributed by atoms with van der Waals surface area (Å²) < 4.78 is 63.0. The smallest absolute Gasteiger partial charge is 0.343 e. The van der Waals surface area contributed by atoms with Crippen molar-refractivity contribution in [1.82, 2.24) is 14.5 Å². The van der Waals surface area contributed by atoms with E-state index in [1.54, 1.807) is 31.2 Å². The van der Waals surface area contributed by atoms with Crippen molar-refractivity contribution in [1.29, 1.82) is 0 Å². The fraction of sp³-hybridized carbons (Fsp3) is 0.182. The zero-order chi connectivity index (χ0) is 32.1. The van der Waals surface area contributed by atoms with Gasteiger partial charge in [0, 0.05) is 46.7 Å². The van der Waals surface area contributed by atoms with E-state index in [1.165, 1.54) is 16.8 Å². The molecule has 0 bridgehead atoms. The van der Waals surface area contributed by atoms with Gasteiger partial charge in [0.15, 0.2) is 5.82 Å². The highest BCUT2D eigenvalue weighted by Gasteiger charge is 2.22. The van der Waals surface area contributed by atoms with E-state index in [0.717, 1.165) is 23.8 Å². The molecule has 0 aliphatic heterocycles. The van der Waals surface area contributed by atoms with E-state index in [-0.39, 0.29) is 41.7 Å². The summed E-state index contributed by atoms with van der Waals surface area (Å²) >= 11 is 10.4. The minimum absolute atomic E-state index is 0.0315. The lowest BCUT2D eigenvalue weighted by molar-refractivity contribution is 0.0360. The molecular weight excluding hydrogens is 646 g/mol. The van der Waals surface area contributed by atoms with Crippen LogP contribution >= 0.6 is 23.2 Å².